The number of rotatable bonds is 6. The van der Waals surface area contributed by atoms with Gasteiger partial charge in [-0.05, 0) is 13.8 Å². The van der Waals surface area contributed by atoms with Crippen LogP contribution in [0, 0.1) is 0 Å². The molecule has 0 aromatic heterocycles. The van der Waals surface area contributed by atoms with Gasteiger partial charge in [-0.3, -0.25) is 9.59 Å². The summed E-state index contributed by atoms with van der Waals surface area (Å²) in [7, 11) is 0. The first kappa shape index (κ1) is 16.6. The van der Waals surface area contributed by atoms with Crippen LogP contribution in [-0.2, 0) is 23.9 Å². The third-order valence-corrected chi connectivity index (χ3v) is 1.90. The van der Waals surface area contributed by atoms with Gasteiger partial charge < -0.3 is 15.2 Å². The Kier molecular flexibility index (Phi) is 6.19. The van der Waals surface area contributed by atoms with E-state index in [1.165, 1.54) is 13.8 Å². The summed E-state index contributed by atoms with van der Waals surface area (Å²) in [4.78, 5) is 44.6. The Morgan fingerprint density at radius 3 is 2.05 bits per heavy atom. The van der Waals surface area contributed by atoms with Crippen molar-refractivity contribution in [2.24, 2.45) is 0 Å². The minimum Gasteiger partial charge on any atom is -0.481 e. The normalized spacial score (nSPS) is 11.1. The zero-order valence-corrected chi connectivity index (χ0v) is 10.7. The Hall–Kier alpha value is -2.44. The Morgan fingerprint density at radius 2 is 1.68 bits per heavy atom. The molecular formula is C12H15NO6. The van der Waals surface area contributed by atoms with Gasteiger partial charge in [0.2, 0.25) is 5.91 Å². The van der Waals surface area contributed by atoms with Gasteiger partial charge in [-0.1, -0.05) is 13.2 Å². The average Bonchev–Trinajstić information content (AvgIpc) is 2.26. The number of hydrogen-bond acceptors (Lipinski definition) is 5. The standard InChI is InChI=1S/C12H15NO6/c1-6(2)10(16)13-8(5-9(14)15)12(18)19-11(17)7(3)4/h8H,1,3,5H2,2,4H3,(H,13,16)(H,14,15)/t8-/m0/s1. The molecule has 0 saturated heterocycles. The maximum absolute atomic E-state index is 11.6. The minimum absolute atomic E-state index is 0.0198. The van der Waals surface area contributed by atoms with Gasteiger partial charge in [0.05, 0.1) is 6.42 Å². The van der Waals surface area contributed by atoms with Crippen LogP contribution >= 0.6 is 0 Å². The molecule has 0 fully saturated rings. The van der Waals surface area contributed by atoms with E-state index in [0.717, 1.165) is 0 Å². The highest BCUT2D eigenvalue weighted by Gasteiger charge is 2.27. The summed E-state index contributed by atoms with van der Waals surface area (Å²) in [5, 5.41) is 10.8. The summed E-state index contributed by atoms with van der Waals surface area (Å²) in [5.74, 6) is -4.17. The van der Waals surface area contributed by atoms with Crippen molar-refractivity contribution in [3.63, 3.8) is 0 Å². The molecule has 0 spiro atoms. The van der Waals surface area contributed by atoms with Crippen molar-refractivity contribution in [2.45, 2.75) is 26.3 Å². The lowest BCUT2D eigenvalue weighted by Gasteiger charge is -2.15. The van der Waals surface area contributed by atoms with Gasteiger partial charge in [0.25, 0.3) is 0 Å². The number of hydrogen-bond donors (Lipinski definition) is 2. The van der Waals surface area contributed by atoms with Gasteiger partial charge in [0.1, 0.15) is 6.04 Å². The van der Waals surface area contributed by atoms with Crippen LogP contribution < -0.4 is 5.32 Å². The minimum atomic E-state index is -1.47. The molecule has 0 bridgehead atoms. The molecule has 2 N–H and O–H groups in total. The monoisotopic (exact) mass is 269 g/mol. The Labute approximate surface area is 109 Å². The number of amides is 1. The third kappa shape index (κ3) is 6.16. The summed E-state index contributed by atoms with van der Waals surface area (Å²) < 4.78 is 4.37. The Bertz CT molecular complexity index is 451. The van der Waals surface area contributed by atoms with E-state index in [2.05, 4.69) is 23.2 Å². The van der Waals surface area contributed by atoms with Crippen LogP contribution in [-0.4, -0.2) is 35.0 Å². The summed E-state index contributed by atoms with van der Waals surface area (Å²) in [6.45, 7) is 9.33. The van der Waals surface area contributed by atoms with E-state index >= 15 is 0 Å². The van der Waals surface area contributed by atoms with Gasteiger partial charge >= 0.3 is 17.9 Å². The van der Waals surface area contributed by atoms with Crippen LogP contribution in [0.4, 0.5) is 0 Å². The summed E-state index contributed by atoms with van der Waals surface area (Å²) in [6.07, 6.45) is -0.707. The number of carboxylic acids is 1. The highest BCUT2D eigenvalue weighted by Crippen LogP contribution is 2.02. The highest BCUT2D eigenvalue weighted by molar-refractivity contribution is 6.00. The molecule has 0 rings (SSSR count). The van der Waals surface area contributed by atoms with E-state index in [1.807, 2.05) is 0 Å². The second-order valence-electron chi connectivity index (χ2n) is 3.89. The number of esters is 2. The fourth-order valence-electron chi connectivity index (χ4n) is 0.899. The molecule has 0 heterocycles. The van der Waals surface area contributed by atoms with Crippen molar-refractivity contribution in [1.29, 1.82) is 0 Å². The van der Waals surface area contributed by atoms with E-state index < -0.39 is 36.3 Å². The van der Waals surface area contributed by atoms with Crippen LogP contribution in [0.25, 0.3) is 0 Å². The van der Waals surface area contributed by atoms with Crippen molar-refractivity contribution in [2.75, 3.05) is 0 Å². The second-order valence-corrected chi connectivity index (χ2v) is 3.89. The Balaban J connectivity index is 4.84. The molecule has 7 nitrogen and oxygen atoms in total. The predicted molar refractivity (Wildman–Crippen MR) is 64.9 cm³/mol. The topological polar surface area (TPSA) is 110 Å². The molecule has 7 heteroatoms. The zero-order chi connectivity index (χ0) is 15.2. The van der Waals surface area contributed by atoms with E-state index in [9.17, 15) is 19.2 Å². The lowest BCUT2D eigenvalue weighted by Crippen LogP contribution is -2.44. The van der Waals surface area contributed by atoms with Crippen molar-refractivity contribution in [3.05, 3.63) is 24.3 Å². The molecule has 104 valence electrons. The van der Waals surface area contributed by atoms with Gasteiger partial charge in [-0.2, -0.15) is 0 Å². The largest absolute Gasteiger partial charge is 0.481 e. The van der Waals surface area contributed by atoms with Crippen molar-refractivity contribution in [1.82, 2.24) is 5.32 Å². The lowest BCUT2D eigenvalue weighted by molar-refractivity contribution is -0.161. The molecule has 0 aromatic carbocycles. The first-order valence-corrected chi connectivity index (χ1v) is 5.24. The van der Waals surface area contributed by atoms with Crippen molar-refractivity contribution >= 4 is 23.8 Å². The predicted octanol–water partition coefficient (Wildman–Crippen LogP) is 0.168. The van der Waals surface area contributed by atoms with Gasteiger partial charge in [0, 0.05) is 11.1 Å². The van der Waals surface area contributed by atoms with Gasteiger partial charge in [-0.25, -0.2) is 9.59 Å². The van der Waals surface area contributed by atoms with Crippen molar-refractivity contribution < 1.29 is 29.0 Å². The van der Waals surface area contributed by atoms with Crippen LogP contribution in [0.1, 0.15) is 20.3 Å². The first-order valence-electron chi connectivity index (χ1n) is 5.24. The number of carbonyl (C=O) groups excluding carboxylic acids is 3. The van der Waals surface area contributed by atoms with Gasteiger partial charge in [0.15, 0.2) is 0 Å². The third-order valence-electron chi connectivity index (χ3n) is 1.90. The number of carbonyl (C=O) groups is 4. The molecule has 0 saturated carbocycles. The molecule has 0 unspecified atom stereocenters. The summed E-state index contributed by atoms with van der Waals surface area (Å²) in [6, 6.07) is -1.47. The van der Waals surface area contributed by atoms with E-state index in [-0.39, 0.29) is 11.1 Å². The molecular weight excluding hydrogens is 254 g/mol. The molecule has 0 aliphatic heterocycles. The maximum atomic E-state index is 11.6. The smallest absolute Gasteiger partial charge is 0.340 e. The van der Waals surface area contributed by atoms with Crippen LogP contribution in [0.2, 0.25) is 0 Å². The SMILES string of the molecule is C=C(C)C(=O)N[C@@H](CC(=O)O)C(=O)OC(=O)C(=C)C. The van der Waals surface area contributed by atoms with E-state index in [4.69, 9.17) is 5.11 Å². The summed E-state index contributed by atoms with van der Waals surface area (Å²) >= 11 is 0. The molecule has 0 aliphatic carbocycles. The first-order chi connectivity index (χ1) is 8.65. The molecule has 1 atom stereocenters. The average molecular weight is 269 g/mol. The number of nitrogens with one attached hydrogen (secondary N) is 1. The van der Waals surface area contributed by atoms with Crippen LogP contribution in [0.5, 0.6) is 0 Å². The highest BCUT2D eigenvalue weighted by atomic mass is 16.6. The number of ether oxygens (including phenoxy) is 1. The number of aliphatic carboxylic acids is 1. The quantitative estimate of drug-likeness (QED) is 0.404. The fourth-order valence-corrected chi connectivity index (χ4v) is 0.899. The molecule has 0 radical (unpaired) electrons. The van der Waals surface area contributed by atoms with Gasteiger partial charge in [-0.15, -0.1) is 0 Å². The molecule has 0 aliphatic rings. The summed E-state index contributed by atoms with van der Waals surface area (Å²) in [5.41, 5.74) is 0.0723. The number of carboxylic acid groups (broad SMARTS) is 1. The molecule has 0 aromatic rings. The van der Waals surface area contributed by atoms with Crippen molar-refractivity contribution in [3.8, 4) is 0 Å². The van der Waals surface area contributed by atoms with E-state index in [1.54, 1.807) is 0 Å². The maximum Gasteiger partial charge on any atom is 0.340 e. The fraction of sp³-hybridized carbons (Fsp3) is 0.333. The van der Waals surface area contributed by atoms with E-state index in [0.29, 0.717) is 0 Å². The van der Waals surface area contributed by atoms with Crippen LogP contribution in [0.15, 0.2) is 24.3 Å². The Morgan fingerprint density at radius 1 is 1.16 bits per heavy atom. The molecule has 19 heavy (non-hydrogen) atoms. The zero-order valence-electron chi connectivity index (χ0n) is 10.7. The van der Waals surface area contributed by atoms with Crippen LogP contribution in [0.3, 0.4) is 0 Å². The lowest BCUT2D eigenvalue weighted by atomic mass is 10.2. The molecule has 1 amide bonds. The second kappa shape index (κ2) is 7.10.